The minimum absolute atomic E-state index is 0.0152. The van der Waals surface area contributed by atoms with Gasteiger partial charge in [0.25, 0.3) is 0 Å². The van der Waals surface area contributed by atoms with E-state index in [1.165, 1.54) is 45.2 Å². The van der Waals surface area contributed by atoms with Crippen LogP contribution in [-0.2, 0) is 9.59 Å². The Balaban J connectivity index is 1.32. The summed E-state index contributed by atoms with van der Waals surface area (Å²) in [6.45, 7) is 3.62. The molecule has 28 heavy (non-hydrogen) atoms. The third-order valence-corrected chi connectivity index (χ3v) is 6.65. The molecular formula is C22H31N3O3. The van der Waals surface area contributed by atoms with E-state index in [0.717, 1.165) is 18.0 Å². The second-order valence-electron chi connectivity index (χ2n) is 8.35. The van der Waals surface area contributed by atoms with Crippen molar-refractivity contribution in [1.29, 1.82) is 0 Å². The summed E-state index contributed by atoms with van der Waals surface area (Å²) in [5.41, 5.74) is 0.825. The zero-order chi connectivity index (χ0) is 19.5. The predicted molar refractivity (Wildman–Crippen MR) is 108 cm³/mol. The first-order valence-corrected chi connectivity index (χ1v) is 10.6. The number of benzene rings is 1. The van der Waals surface area contributed by atoms with Crippen LogP contribution in [0.4, 0.5) is 5.69 Å². The third-order valence-electron chi connectivity index (χ3n) is 6.65. The topological polar surface area (TPSA) is 61.9 Å². The highest BCUT2D eigenvalue weighted by Crippen LogP contribution is 2.31. The standard InChI is InChI=1S/C22H31N3O3/c1-28-19-9-7-18(8-10-19)25-15-17(13-21(25)26)22(27)23-14-16-5-4-12-24-11-3-2-6-20(16)24/h7-10,16-17,20H,2-6,11-15H2,1H3,(H,23,27)/t16-,17-,20-/m1/s1. The summed E-state index contributed by atoms with van der Waals surface area (Å²) < 4.78 is 5.17. The maximum atomic E-state index is 12.7. The molecule has 4 rings (SSSR count). The van der Waals surface area contributed by atoms with E-state index in [1.54, 1.807) is 12.0 Å². The Bertz CT molecular complexity index is 703. The molecule has 0 aromatic heterocycles. The number of nitrogens with zero attached hydrogens (tertiary/aromatic N) is 2. The maximum absolute atomic E-state index is 12.7. The summed E-state index contributed by atoms with van der Waals surface area (Å²) in [4.78, 5) is 29.5. The molecule has 3 heterocycles. The van der Waals surface area contributed by atoms with Crippen LogP contribution in [0.3, 0.4) is 0 Å². The maximum Gasteiger partial charge on any atom is 0.227 e. The number of ether oxygens (including phenoxy) is 1. The molecular weight excluding hydrogens is 354 g/mol. The number of hydrogen-bond donors (Lipinski definition) is 1. The van der Waals surface area contributed by atoms with Crippen LogP contribution in [-0.4, -0.2) is 56.0 Å². The highest BCUT2D eigenvalue weighted by atomic mass is 16.5. The molecule has 1 aromatic rings. The number of nitrogens with one attached hydrogen (secondary N) is 1. The molecule has 0 saturated carbocycles. The van der Waals surface area contributed by atoms with Crippen molar-refractivity contribution < 1.29 is 14.3 Å². The number of anilines is 1. The molecule has 1 aromatic carbocycles. The fraction of sp³-hybridized carbons (Fsp3) is 0.636. The van der Waals surface area contributed by atoms with E-state index in [9.17, 15) is 9.59 Å². The normalized spacial score (nSPS) is 28.1. The van der Waals surface area contributed by atoms with Crippen molar-refractivity contribution in [3.05, 3.63) is 24.3 Å². The monoisotopic (exact) mass is 385 g/mol. The van der Waals surface area contributed by atoms with Crippen molar-refractivity contribution >= 4 is 17.5 Å². The first-order chi connectivity index (χ1) is 13.7. The lowest BCUT2D eigenvalue weighted by Gasteiger charge is -2.44. The SMILES string of the molecule is COc1ccc(N2C[C@H](C(=O)NC[C@H]3CCCN4CCCC[C@H]34)CC2=O)cc1. The van der Waals surface area contributed by atoms with Gasteiger partial charge in [-0.1, -0.05) is 6.42 Å². The molecule has 1 N–H and O–H groups in total. The van der Waals surface area contributed by atoms with E-state index in [0.29, 0.717) is 18.5 Å². The number of rotatable bonds is 5. The van der Waals surface area contributed by atoms with Crippen LogP contribution in [0.5, 0.6) is 5.75 Å². The Morgan fingerprint density at radius 3 is 2.71 bits per heavy atom. The molecule has 0 unspecified atom stereocenters. The number of piperidine rings is 2. The molecule has 3 atom stereocenters. The van der Waals surface area contributed by atoms with Gasteiger partial charge in [0.1, 0.15) is 5.75 Å². The fourth-order valence-corrected chi connectivity index (χ4v) is 5.09. The Morgan fingerprint density at radius 1 is 1.14 bits per heavy atom. The predicted octanol–water partition coefficient (Wildman–Crippen LogP) is 2.43. The molecule has 6 nitrogen and oxygen atoms in total. The number of methoxy groups -OCH3 is 1. The van der Waals surface area contributed by atoms with E-state index >= 15 is 0 Å². The van der Waals surface area contributed by atoms with Crippen LogP contribution in [0.1, 0.15) is 38.5 Å². The van der Waals surface area contributed by atoms with Crippen molar-refractivity contribution in [2.24, 2.45) is 11.8 Å². The molecule has 0 spiro atoms. The summed E-state index contributed by atoms with van der Waals surface area (Å²) in [7, 11) is 1.62. The number of amides is 2. The van der Waals surface area contributed by atoms with Crippen LogP contribution in [0.25, 0.3) is 0 Å². The van der Waals surface area contributed by atoms with Gasteiger partial charge in [0.05, 0.1) is 13.0 Å². The summed E-state index contributed by atoms with van der Waals surface area (Å²) in [6.07, 6.45) is 6.58. The second-order valence-corrected chi connectivity index (χ2v) is 8.35. The van der Waals surface area contributed by atoms with Gasteiger partial charge in [0.2, 0.25) is 11.8 Å². The third kappa shape index (κ3) is 4.02. The van der Waals surface area contributed by atoms with Gasteiger partial charge >= 0.3 is 0 Å². The molecule has 3 saturated heterocycles. The quantitative estimate of drug-likeness (QED) is 0.846. The van der Waals surface area contributed by atoms with Crippen LogP contribution in [0.15, 0.2) is 24.3 Å². The fourth-order valence-electron chi connectivity index (χ4n) is 5.09. The lowest BCUT2D eigenvalue weighted by atomic mass is 9.83. The van der Waals surface area contributed by atoms with Gasteiger partial charge in [-0.2, -0.15) is 0 Å². The summed E-state index contributed by atoms with van der Waals surface area (Å²) >= 11 is 0. The lowest BCUT2D eigenvalue weighted by molar-refractivity contribution is -0.126. The van der Waals surface area contributed by atoms with Crippen LogP contribution < -0.4 is 15.0 Å². The van der Waals surface area contributed by atoms with Gasteiger partial charge in [-0.25, -0.2) is 0 Å². The number of fused-ring (bicyclic) bond motifs is 1. The first kappa shape index (κ1) is 19.2. The van der Waals surface area contributed by atoms with Gasteiger partial charge < -0.3 is 19.9 Å². The van der Waals surface area contributed by atoms with E-state index in [2.05, 4.69) is 10.2 Å². The number of hydrogen-bond acceptors (Lipinski definition) is 4. The lowest BCUT2D eigenvalue weighted by Crippen LogP contribution is -2.51. The summed E-state index contributed by atoms with van der Waals surface area (Å²) in [5, 5.41) is 3.17. The number of carbonyl (C=O) groups excluding carboxylic acids is 2. The number of carbonyl (C=O) groups is 2. The Labute approximate surface area is 167 Å². The van der Waals surface area contributed by atoms with Crippen molar-refractivity contribution in [2.45, 2.75) is 44.6 Å². The molecule has 3 fully saturated rings. The first-order valence-electron chi connectivity index (χ1n) is 10.6. The van der Waals surface area contributed by atoms with Gasteiger partial charge in [0.15, 0.2) is 0 Å². The molecule has 0 radical (unpaired) electrons. The van der Waals surface area contributed by atoms with E-state index in [4.69, 9.17) is 4.74 Å². The zero-order valence-corrected chi connectivity index (χ0v) is 16.7. The summed E-state index contributed by atoms with van der Waals surface area (Å²) in [6, 6.07) is 8.06. The zero-order valence-electron chi connectivity index (χ0n) is 16.7. The Hall–Kier alpha value is -2.08. The smallest absolute Gasteiger partial charge is 0.227 e. The summed E-state index contributed by atoms with van der Waals surface area (Å²) in [5.74, 6) is 1.08. The van der Waals surface area contributed by atoms with Crippen molar-refractivity contribution in [3.8, 4) is 5.75 Å². The van der Waals surface area contributed by atoms with Gasteiger partial charge in [-0.15, -0.1) is 0 Å². The van der Waals surface area contributed by atoms with Gasteiger partial charge in [-0.3, -0.25) is 9.59 Å². The highest BCUT2D eigenvalue weighted by molar-refractivity contribution is 6.00. The minimum Gasteiger partial charge on any atom is -0.497 e. The Morgan fingerprint density at radius 2 is 1.93 bits per heavy atom. The van der Waals surface area contributed by atoms with Crippen LogP contribution >= 0.6 is 0 Å². The minimum atomic E-state index is -0.263. The van der Waals surface area contributed by atoms with Crippen LogP contribution in [0.2, 0.25) is 0 Å². The van der Waals surface area contributed by atoms with Crippen molar-refractivity contribution in [2.75, 3.05) is 38.2 Å². The molecule has 6 heteroatoms. The van der Waals surface area contributed by atoms with Crippen molar-refractivity contribution in [3.63, 3.8) is 0 Å². The molecule has 152 valence electrons. The van der Waals surface area contributed by atoms with Gasteiger partial charge in [0, 0.05) is 31.2 Å². The van der Waals surface area contributed by atoms with E-state index in [-0.39, 0.29) is 24.2 Å². The highest BCUT2D eigenvalue weighted by Gasteiger charge is 2.37. The van der Waals surface area contributed by atoms with Crippen molar-refractivity contribution in [1.82, 2.24) is 10.2 Å². The second kappa shape index (κ2) is 8.52. The van der Waals surface area contributed by atoms with E-state index < -0.39 is 0 Å². The largest absolute Gasteiger partial charge is 0.497 e. The molecule has 0 aliphatic carbocycles. The molecule has 2 amide bonds. The molecule has 0 bridgehead atoms. The average molecular weight is 386 g/mol. The molecule has 3 aliphatic rings. The average Bonchev–Trinajstić information content (AvgIpc) is 3.13. The van der Waals surface area contributed by atoms with Crippen LogP contribution in [0, 0.1) is 11.8 Å². The van der Waals surface area contributed by atoms with E-state index in [1.807, 2.05) is 24.3 Å². The molecule has 3 aliphatic heterocycles. The van der Waals surface area contributed by atoms with Gasteiger partial charge in [-0.05, 0) is 69.0 Å². The Kier molecular flexibility index (Phi) is 5.85.